The zero-order chi connectivity index (χ0) is 15.7. The van der Waals surface area contributed by atoms with Crippen molar-refractivity contribution in [1.29, 1.82) is 0 Å². The summed E-state index contributed by atoms with van der Waals surface area (Å²) in [6.07, 6.45) is 3.06. The van der Waals surface area contributed by atoms with E-state index in [9.17, 15) is 4.79 Å². The third-order valence-corrected chi connectivity index (χ3v) is 4.36. The first-order valence-electron chi connectivity index (χ1n) is 7.71. The lowest BCUT2D eigenvalue weighted by atomic mass is 9.75. The molecule has 0 saturated carbocycles. The number of hydrogen-bond donors (Lipinski definition) is 1. The van der Waals surface area contributed by atoms with Gasteiger partial charge >= 0.3 is 0 Å². The second kappa shape index (κ2) is 5.59. The third-order valence-electron chi connectivity index (χ3n) is 4.36. The Morgan fingerprint density at radius 2 is 1.86 bits per heavy atom. The Balaban J connectivity index is 1.82. The molecule has 1 aliphatic heterocycles. The molecule has 3 rings (SSSR count). The number of nitrogens with one attached hydrogen (secondary N) is 1. The van der Waals surface area contributed by atoms with Crippen molar-refractivity contribution in [3.05, 3.63) is 41.1 Å². The largest absolute Gasteiger partial charge is 0.497 e. The van der Waals surface area contributed by atoms with Gasteiger partial charge in [0, 0.05) is 17.7 Å². The first-order valence-corrected chi connectivity index (χ1v) is 7.71. The standard InChI is InChI=1S/C18H22N2O2/c1-18(2)10-16-14(17(21)11-18)8-9-15(19-20-16)12-4-6-13(22-3)7-5-12/h4-7,20H,8-11H2,1-3H3. The number of hydrogen-bond acceptors (Lipinski definition) is 4. The Hall–Kier alpha value is -2.10. The molecule has 0 saturated heterocycles. The molecule has 0 bridgehead atoms. The van der Waals surface area contributed by atoms with Gasteiger partial charge in [-0.1, -0.05) is 13.8 Å². The molecule has 1 heterocycles. The van der Waals surface area contributed by atoms with Gasteiger partial charge in [0.1, 0.15) is 5.75 Å². The van der Waals surface area contributed by atoms with Crippen LogP contribution >= 0.6 is 0 Å². The van der Waals surface area contributed by atoms with Crippen LogP contribution in [0.4, 0.5) is 0 Å². The van der Waals surface area contributed by atoms with Crippen LogP contribution in [-0.4, -0.2) is 18.6 Å². The van der Waals surface area contributed by atoms with E-state index < -0.39 is 0 Å². The Morgan fingerprint density at radius 1 is 1.14 bits per heavy atom. The Morgan fingerprint density at radius 3 is 2.55 bits per heavy atom. The van der Waals surface area contributed by atoms with Gasteiger partial charge in [0.2, 0.25) is 0 Å². The van der Waals surface area contributed by atoms with Gasteiger partial charge in [-0.15, -0.1) is 0 Å². The molecular weight excluding hydrogens is 276 g/mol. The van der Waals surface area contributed by atoms with Crippen molar-refractivity contribution in [1.82, 2.24) is 5.43 Å². The van der Waals surface area contributed by atoms with Crippen LogP contribution in [0.25, 0.3) is 0 Å². The van der Waals surface area contributed by atoms with Gasteiger partial charge in [0.05, 0.1) is 12.8 Å². The van der Waals surface area contributed by atoms with E-state index in [1.165, 1.54) is 0 Å². The molecule has 22 heavy (non-hydrogen) atoms. The number of carbonyl (C=O) groups excluding carboxylic acids is 1. The second-order valence-corrected chi connectivity index (χ2v) is 6.80. The van der Waals surface area contributed by atoms with Gasteiger partial charge in [-0.25, -0.2) is 0 Å². The van der Waals surface area contributed by atoms with Crippen molar-refractivity contribution in [2.24, 2.45) is 10.5 Å². The first kappa shape index (κ1) is 14.8. The lowest BCUT2D eigenvalue weighted by molar-refractivity contribution is -0.118. The number of Topliss-reactive ketones (excluding diaryl/α,β-unsaturated/α-hetero) is 1. The quantitative estimate of drug-likeness (QED) is 0.910. The summed E-state index contributed by atoms with van der Waals surface area (Å²) in [5.41, 5.74) is 7.18. The van der Waals surface area contributed by atoms with Crippen molar-refractivity contribution < 1.29 is 9.53 Å². The molecular formula is C18H22N2O2. The summed E-state index contributed by atoms with van der Waals surface area (Å²) in [6.45, 7) is 4.27. The first-order chi connectivity index (χ1) is 10.5. The van der Waals surface area contributed by atoms with E-state index in [4.69, 9.17) is 4.74 Å². The van der Waals surface area contributed by atoms with Crippen molar-refractivity contribution in [2.75, 3.05) is 7.11 Å². The highest BCUT2D eigenvalue weighted by Crippen LogP contribution is 2.38. The SMILES string of the molecule is COc1ccc(C2=NNC3=C(CC2)C(=O)CC(C)(C)C3)cc1. The Labute approximate surface area is 131 Å². The number of ketones is 1. The van der Waals surface area contributed by atoms with E-state index in [0.717, 1.165) is 47.6 Å². The predicted molar refractivity (Wildman–Crippen MR) is 86.9 cm³/mol. The maximum absolute atomic E-state index is 12.4. The number of allylic oxidation sites excluding steroid dienone is 2. The number of ether oxygens (including phenoxy) is 1. The molecule has 0 fully saturated rings. The number of hydrazone groups is 1. The minimum absolute atomic E-state index is 0.0169. The fourth-order valence-electron chi connectivity index (χ4n) is 3.18. The fourth-order valence-corrected chi connectivity index (χ4v) is 3.18. The van der Waals surface area contributed by atoms with Gasteiger partial charge in [-0.3, -0.25) is 10.2 Å². The molecule has 1 aromatic rings. The maximum atomic E-state index is 12.4. The Kier molecular flexibility index (Phi) is 3.77. The van der Waals surface area contributed by atoms with E-state index in [-0.39, 0.29) is 11.2 Å². The lowest BCUT2D eigenvalue weighted by Crippen LogP contribution is -2.29. The van der Waals surface area contributed by atoms with Crippen molar-refractivity contribution in [2.45, 2.75) is 39.5 Å². The summed E-state index contributed by atoms with van der Waals surface area (Å²) in [6, 6.07) is 7.89. The number of nitrogens with zero attached hydrogens (tertiary/aromatic N) is 1. The molecule has 1 aliphatic carbocycles. The molecule has 116 valence electrons. The van der Waals surface area contributed by atoms with Crippen LogP contribution in [0.2, 0.25) is 0 Å². The summed E-state index contributed by atoms with van der Waals surface area (Å²) in [5, 5.41) is 4.55. The molecule has 4 heteroatoms. The average molecular weight is 298 g/mol. The zero-order valence-electron chi connectivity index (χ0n) is 13.4. The van der Waals surface area contributed by atoms with E-state index in [1.54, 1.807) is 7.11 Å². The Bertz CT molecular complexity index is 654. The van der Waals surface area contributed by atoms with E-state index >= 15 is 0 Å². The highest BCUT2D eigenvalue weighted by Gasteiger charge is 2.33. The summed E-state index contributed by atoms with van der Waals surface area (Å²) in [5.74, 6) is 1.10. The van der Waals surface area contributed by atoms with E-state index in [1.807, 2.05) is 24.3 Å². The smallest absolute Gasteiger partial charge is 0.161 e. The highest BCUT2D eigenvalue weighted by molar-refractivity contribution is 6.03. The minimum Gasteiger partial charge on any atom is -0.497 e. The van der Waals surface area contributed by atoms with Crippen LogP contribution in [0.5, 0.6) is 5.75 Å². The summed E-state index contributed by atoms with van der Waals surface area (Å²) < 4.78 is 5.19. The van der Waals surface area contributed by atoms with Crippen LogP contribution in [-0.2, 0) is 4.79 Å². The molecule has 2 aliphatic rings. The third kappa shape index (κ3) is 2.91. The van der Waals surface area contributed by atoms with Crippen LogP contribution < -0.4 is 10.2 Å². The molecule has 0 amide bonds. The van der Waals surface area contributed by atoms with Gasteiger partial charge in [0.25, 0.3) is 0 Å². The highest BCUT2D eigenvalue weighted by atomic mass is 16.5. The van der Waals surface area contributed by atoms with E-state index in [2.05, 4.69) is 24.4 Å². The zero-order valence-corrected chi connectivity index (χ0v) is 13.4. The van der Waals surface area contributed by atoms with Crippen molar-refractivity contribution in [3.63, 3.8) is 0 Å². The second-order valence-electron chi connectivity index (χ2n) is 6.80. The number of benzene rings is 1. The number of methoxy groups -OCH3 is 1. The van der Waals surface area contributed by atoms with Crippen molar-refractivity contribution in [3.8, 4) is 5.75 Å². The summed E-state index contributed by atoms with van der Waals surface area (Å²) in [7, 11) is 1.66. The number of carbonyl (C=O) groups is 1. The van der Waals surface area contributed by atoms with Gasteiger partial charge in [0.15, 0.2) is 5.78 Å². The van der Waals surface area contributed by atoms with Crippen LogP contribution in [0.3, 0.4) is 0 Å². The molecule has 1 aromatic carbocycles. The molecule has 4 nitrogen and oxygen atoms in total. The summed E-state index contributed by atoms with van der Waals surface area (Å²) in [4.78, 5) is 12.4. The van der Waals surface area contributed by atoms with Gasteiger partial charge < -0.3 is 4.74 Å². The normalized spacial score (nSPS) is 20.7. The summed E-state index contributed by atoms with van der Waals surface area (Å²) >= 11 is 0. The number of rotatable bonds is 2. The fraction of sp³-hybridized carbons (Fsp3) is 0.444. The van der Waals surface area contributed by atoms with Crippen molar-refractivity contribution >= 4 is 11.5 Å². The minimum atomic E-state index is 0.0169. The molecule has 0 spiro atoms. The van der Waals surface area contributed by atoms with Crippen LogP contribution in [0.1, 0.15) is 45.1 Å². The average Bonchev–Trinajstić information content (AvgIpc) is 2.69. The monoisotopic (exact) mass is 298 g/mol. The molecule has 0 aromatic heterocycles. The van der Waals surface area contributed by atoms with Gasteiger partial charge in [-0.2, -0.15) is 5.10 Å². The van der Waals surface area contributed by atoms with Crippen LogP contribution in [0.15, 0.2) is 40.6 Å². The predicted octanol–water partition coefficient (Wildman–Crippen LogP) is 3.43. The lowest BCUT2D eigenvalue weighted by Gasteiger charge is -2.31. The van der Waals surface area contributed by atoms with Gasteiger partial charge in [-0.05, 0) is 54.5 Å². The molecule has 0 unspecified atom stereocenters. The van der Waals surface area contributed by atoms with E-state index in [0.29, 0.717) is 6.42 Å². The topological polar surface area (TPSA) is 50.7 Å². The molecule has 0 radical (unpaired) electrons. The van der Waals surface area contributed by atoms with Crippen LogP contribution in [0, 0.1) is 5.41 Å². The molecule has 0 atom stereocenters. The maximum Gasteiger partial charge on any atom is 0.161 e. The molecule has 1 N–H and O–H groups in total.